The number of likely N-dealkylation sites (N-methyl/N-ethyl adjacent to an activating group) is 1. The summed E-state index contributed by atoms with van der Waals surface area (Å²) in [7, 11) is 0.616. The van der Waals surface area contributed by atoms with Gasteiger partial charge in [-0.15, -0.1) is 0 Å². The monoisotopic (exact) mass is 428 g/mol. The fourth-order valence-corrected chi connectivity index (χ4v) is 3.25. The molecule has 2 N–H and O–H groups in total. The standard InChI is InChI=1S/C17H24N4O7S/c1-6-21(10-18)16(22)12(9-29(5,24)25)20-17(23)19-11-7-13(26-2)15(28-4)14(8-11)27-3/h7-8,12H,6,9H2,1-5H3,(H2,19,20,23). The van der Waals surface area contributed by atoms with E-state index < -0.39 is 33.6 Å². The minimum Gasteiger partial charge on any atom is -0.493 e. The van der Waals surface area contributed by atoms with Crippen molar-refractivity contribution < 1.29 is 32.2 Å². The maximum absolute atomic E-state index is 12.4. The predicted molar refractivity (Wildman–Crippen MR) is 105 cm³/mol. The van der Waals surface area contributed by atoms with E-state index in [-0.39, 0.29) is 23.7 Å². The summed E-state index contributed by atoms with van der Waals surface area (Å²) in [6, 6.07) is 0.631. The van der Waals surface area contributed by atoms with Gasteiger partial charge < -0.3 is 24.8 Å². The van der Waals surface area contributed by atoms with Gasteiger partial charge in [0.1, 0.15) is 15.9 Å². The Kier molecular flexibility index (Phi) is 8.53. The van der Waals surface area contributed by atoms with Gasteiger partial charge in [0, 0.05) is 24.9 Å². The molecule has 3 amide bonds. The number of anilines is 1. The summed E-state index contributed by atoms with van der Waals surface area (Å²) in [6.45, 7) is 1.58. The van der Waals surface area contributed by atoms with Crippen LogP contribution >= 0.6 is 0 Å². The number of carbonyl (C=O) groups excluding carboxylic acids is 2. The van der Waals surface area contributed by atoms with Crippen molar-refractivity contribution in [1.82, 2.24) is 10.2 Å². The van der Waals surface area contributed by atoms with Gasteiger partial charge in [0.25, 0.3) is 5.91 Å². The maximum atomic E-state index is 12.4. The van der Waals surface area contributed by atoms with Crippen molar-refractivity contribution in [2.75, 3.05) is 45.2 Å². The largest absolute Gasteiger partial charge is 0.493 e. The van der Waals surface area contributed by atoms with Gasteiger partial charge in [0.15, 0.2) is 17.7 Å². The molecule has 0 radical (unpaired) electrons. The zero-order chi connectivity index (χ0) is 22.2. The van der Waals surface area contributed by atoms with Crippen LogP contribution in [0.15, 0.2) is 12.1 Å². The second kappa shape index (κ2) is 10.4. The van der Waals surface area contributed by atoms with E-state index in [4.69, 9.17) is 19.5 Å². The highest BCUT2D eigenvalue weighted by molar-refractivity contribution is 7.90. The van der Waals surface area contributed by atoms with Crippen LogP contribution in [0.5, 0.6) is 17.2 Å². The minimum absolute atomic E-state index is 0.0335. The Labute approximate surface area is 169 Å². The molecule has 0 heterocycles. The number of nitrogens with zero attached hydrogens (tertiary/aromatic N) is 2. The van der Waals surface area contributed by atoms with Crippen molar-refractivity contribution in [3.8, 4) is 23.4 Å². The number of carbonyl (C=O) groups is 2. The molecule has 160 valence electrons. The molecule has 0 saturated heterocycles. The Morgan fingerprint density at radius 1 is 1.17 bits per heavy atom. The minimum atomic E-state index is -3.62. The van der Waals surface area contributed by atoms with Gasteiger partial charge >= 0.3 is 6.03 Å². The smallest absolute Gasteiger partial charge is 0.319 e. The van der Waals surface area contributed by atoms with E-state index in [0.717, 1.165) is 11.2 Å². The fraction of sp³-hybridized carbons (Fsp3) is 0.471. The second-order valence-corrected chi connectivity index (χ2v) is 8.02. The number of urea groups is 1. The van der Waals surface area contributed by atoms with E-state index in [9.17, 15) is 18.0 Å². The SMILES string of the molecule is CCN(C#N)C(=O)C(CS(C)(=O)=O)NC(=O)Nc1cc(OC)c(OC)c(OC)c1. The molecule has 0 aromatic heterocycles. The maximum Gasteiger partial charge on any atom is 0.319 e. The highest BCUT2D eigenvalue weighted by atomic mass is 32.2. The van der Waals surface area contributed by atoms with Crippen LogP contribution in [-0.2, 0) is 14.6 Å². The third-order valence-corrected chi connectivity index (χ3v) is 4.64. The lowest BCUT2D eigenvalue weighted by Crippen LogP contribution is -2.51. The molecule has 0 aliphatic rings. The first-order valence-electron chi connectivity index (χ1n) is 8.36. The molecule has 0 bridgehead atoms. The van der Waals surface area contributed by atoms with Gasteiger partial charge in [-0.25, -0.2) is 18.1 Å². The molecule has 12 heteroatoms. The Balaban J connectivity index is 3.10. The van der Waals surface area contributed by atoms with Crippen molar-refractivity contribution >= 4 is 27.5 Å². The molecule has 0 aliphatic heterocycles. The molecule has 1 atom stereocenters. The first kappa shape index (κ1) is 23.8. The highest BCUT2D eigenvalue weighted by Crippen LogP contribution is 2.39. The molecule has 1 rings (SSSR count). The number of methoxy groups -OCH3 is 3. The molecule has 11 nitrogen and oxygen atoms in total. The zero-order valence-electron chi connectivity index (χ0n) is 16.8. The van der Waals surface area contributed by atoms with Gasteiger partial charge in [0.05, 0.1) is 32.8 Å². The van der Waals surface area contributed by atoms with Crippen LogP contribution in [0.25, 0.3) is 0 Å². The number of hydrogen-bond donors (Lipinski definition) is 2. The summed E-state index contributed by atoms with van der Waals surface area (Å²) in [5.41, 5.74) is 0.246. The summed E-state index contributed by atoms with van der Waals surface area (Å²) < 4.78 is 38.9. The fourth-order valence-electron chi connectivity index (χ4n) is 2.42. The van der Waals surface area contributed by atoms with Crippen LogP contribution in [0.4, 0.5) is 10.5 Å². The van der Waals surface area contributed by atoms with E-state index in [1.165, 1.54) is 33.5 Å². The van der Waals surface area contributed by atoms with Crippen LogP contribution in [0.2, 0.25) is 0 Å². The van der Waals surface area contributed by atoms with E-state index in [0.29, 0.717) is 5.75 Å². The van der Waals surface area contributed by atoms with Crippen molar-refractivity contribution in [2.45, 2.75) is 13.0 Å². The molecule has 0 fully saturated rings. The molecular weight excluding hydrogens is 404 g/mol. The Bertz CT molecular complexity index is 871. The predicted octanol–water partition coefficient (Wildman–Crippen LogP) is 0.577. The third kappa shape index (κ3) is 6.72. The number of ether oxygens (including phenoxy) is 3. The van der Waals surface area contributed by atoms with Crippen molar-refractivity contribution in [2.24, 2.45) is 0 Å². The number of amides is 3. The van der Waals surface area contributed by atoms with Crippen molar-refractivity contribution in [3.63, 3.8) is 0 Å². The summed E-state index contributed by atoms with van der Waals surface area (Å²) >= 11 is 0. The lowest BCUT2D eigenvalue weighted by Gasteiger charge is -2.21. The molecule has 1 unspecified atom stereocenters. The number of rotatable bonds is 9. The van der Waals surface area contributed by atoms with Crippen molar-refractivity contribution in [3.05, 3.63) is 12.1 Å². The normalized spacial score (nSPS) is 11.6. The lowest BCUT2D eigenvalue weighted by atomic mass is 10.2. The van der Waals surface area contributed by atoms with Crippen LogP contribution in [0, 0.1) is 11.5 Å². The average Bonchev–Trinajstić information content (AvgIpc) is 2.66. The molecule has 29 heavy (non-hydrogen) atoms. The lowest BCUT2D eigenvalue weighted by molar-refractivity contribution is -0.129. The Morgan fingerprint density at radius 3 is 2.10 bits per heavy atom. The zero-order valence-corrected chi connectivity index (χ0v) is 17.6. The molecule has 0 aliphatic carbocycles. The van der Waals surface area contributed by atoms with Gasteiger partial charge in [-0.2, -0.15) is 5.26 Å². The number of nitrogens with one attached hydrogen (secondary N) is 2. The summed E-state index contributed by atoms with van der Waals surface area (Å²) in [5, 5.41) is 13.8. The average molecular weight is 428 g/mol. The van der Waals surface area contributed by atoms with Gasteiger partial charge in [-0.1, -0.05) is 0 Å². The Hall–Kier alpha value is -3.20. The molecule has 0 saturated carbocycles. The second-order valence-electron chi connectivity index (χ2n) is 5.84. The van der Waals surface area contributed by atoms with Crippen LogP contribution in [-0.4, -0.2) is 71.2 Å². The van der Waals surface area contributed by atoms with Gasteiger partial charge in [0.2, 0.25) is 5.75 Å². The van der Waals surface area contributed by atoms with Gasteiger partial charge in [-0.05, 0) is 6.92 Å². The van der Waals surface area contributed by atoms with E-state index in [1.807, 2.05) is 0 Å². The number of sulfone groups is 1. The first-order chi connectivity index (χ1) is 13.6. The quantitative estimate of drug-likeness (QED) is 0.429. The van der Waals surface area contributed by atoms with Crippen LogP contribution < -0.4 is 24.8 Å². The number of nitriles is 1. The van der Waals surface area contributed by atoms with Crippen LogP contribution in [0.1, 0.15) is 6.92 Å². The summed E-state index contributed by atoms with van der Waals surface area (Å²) in [6.07, 6.45) is 2.58. The molecule has 0 spiro atoms. The van der Waals surface area contributed by atoms with Crippen LogP contribution in [0.3, 0.4) is 0 Å². The van der Waals surface area contributed by atoms with E-state index >= 15 is 0 Å². The Morgan fingerprint density at radius 2 is 1.72 bits per heavy atom. The van der Waals surface area contributed by atoms with E-state index in [1.54, 1.807) is 13.1 Å². The van der Waals surface area contributed by atoms with Crippen molar-refractivity contribution in [1.29, 1.82) is 5.26 Å². The molecule has 1 aromatic carbocycles. The third-order valence-electron chi connectivity index (χ3n) is 3.70. The number of benzene rings is 1. The summed E-state index contributed by atoms with van der Waals surface area (Å²) in [5.74, 6) is -0.605. The topological polar surface area (TPSA) is 147 Å². The van der Waals surface area contributed by atoms with E-state index in [2.05, 4.69) is 10.6 Å². The number of hydrogen-bond acceptors (Lipinski definition) is 8. The summed E-state index contributed by atoms with van der Waals surface area (Å²) in [4.78, 5) is 25.5. The molecular formula is C17H24N4O7S. The highest BCUT2D eigenvalue weighted by Gasteiger charge is 2.29. The molecule has 1 aromatic rings. The first-order valence-corrected chi connectivity index (χ1v) is 10.4. The van der Waals surface area contributed by atoms with Gasteiger partial charge in [-0.3, -0.25) is 4.79 Å².